The Morgan fingerprint density at radius 1 is 1.20 bits per heavy atom. The van der Waals surface area contributed by atoms with Gasteiger partial charge in [-0.05, 0) is 42.6 Å². The van der Waals surface area contributed by atoms with Gasteiger partial charge in [-0.3, -0.25) is 4.79 Å². The number of nitrogens with two attached hydrogens (primary N) is 2. The summed E-state index contributed by atoms with van der Waals surface area (Å²) in [5.74, 6) is -0.0694. The number of carbonyl (C=O) groups excluding carboxylic acids is 1. The molecule has 0 saturated carbocycles. The molecular formula is C20H24N4O. The van der Waals surface area contributed by atoms with E-state index in [1.165, 1.54) is 18.4 Å². The number of rotatable bonds is 7. The van der Waals surface area contributed by atoms with Gasteiger partial charge in [0.25, 0.3) is 5.91 Å². The van der Waals surface area contributed by atoms with E-state index in [1.807, 2.05) is 30.5 Å². The molecule has 0 aliphatic carbocycles. The maximum Gasteiger partial charge on any atom is 0.250 e. The molecule has 1 atom stereocenters. The summed E-state index contributed by atoms with van der Waals surface area (Å²) in [7, 11) is 0. The Labute approximate surface area is 147 Å². The van der Waals surface area contributed by atoms with Crippen LogP contribution in [0.1, 0.15) is 48.0 Å². The zero-order chi connectivity index (χ0) is 17.8. The highest BCUT2D eigenvalue weighted by molar-refractivity contribution is 6.04. The van der Waals surface area contributed by atoms with Crippen molar-refractivity contribution in [2.24, 2.45) is 11.5 Å². The molecule has 2 aromatic carbocycles. The zero-order valence-electron chi connectivity index (χ0n) is 14.5. The Hall–Kier alpha value is -2.66. The van der Waals surface area contributed by atoms with Crippen LogP contribution in [-0.4, -0.2) is 22.2 Å². The topological polar surface area (TPSA) is 86.9 Å². The smallest absolute Gasteiger partial charge is 0.250 e. The average molecular weight is 336 g/mol. The van der Waals surface area contributed by atoms with E-state index in [0.717, 1.165) is 17.5 Å². The van der Waals surface area contributed by atoms with Crippen LogP contribution in [0.25, 0.3) is 16.6 Å². The molecule has 25 heavy (non-hydrogen) atoms. The molecule has 0 saturated heterocycles. The second-order valence-electron chi connectivity index (χ2n) is 6.35. The maximum absolute atomic E-state index is 11.6. The number of benzene rings is 2. The number of hydrogen-bond acceptors (Lipinski definition) is 3. The van der Waals surface area contributed by atoms with Gasteiger partial charge in [-0.2, -0.15) is 5.10 Å². The number of primary amides is 1. The SMILES string of the molecule is CCCC[C@H](CN)c1ccc(-n2cc3cccc(C(N)=O)c3n2)cc1. The van der Waals surface area contributed by atoms with E-state index in [9.17, 15) is 4.79 Å². The summed E-state index contributed by atoms with van der Waals surface area (Å²) < 4.78 is 1.78. The van der Waals surface area contributed by atoms with Gasteiger partial charge in [-0.25, -0.2) is 4.68 Å². The number of nitrogens with zero attached hydrogens (tertiary/aromatic N) is 2. The van der Waals surface area contributed by atoms with E-state index in [0.29, 0.717) is 23.5 Å². The number of hydrogen-bond donors (Lipinski definition) is 2. The van der Waals surface area contributed by atoms with Crippen LogP contribution in [0, 0.1) is 0 Å². The molecule has 5 heteroatoms. The van der Waals surface area contributed by atoms with Gasteiger partial charge in [0, 0.05) is 11.6 Å². The molecule has 0 radical (unpaired) electrons. The molecule has 0 aliphatic heterocycles. The minimum atomic E-state index is -0.465. The Morgan fingerprint density at radius 3 is 2.60 bits per heavy atom. The molecule has 0 spiro atoms. The van der Waals surface area contributed by atoms with Gasteiger partial charge in [-0.1, -0.05) is 44.0 Å². The fourth-order valence-corrected chi connectivity index (χ4v) is 3.15. The van der Waals surface area contributed by atoms with Crippen molar-refractivity contribution < 1.29 is 4.79 Å². The Morgan fingerprint density at radius 2 is 1.96 bits per heavy atom. The number of fused-ring (bicyclic) bond motifs is 1. The lowest BCUT2D eigenvalue weighted by atomic mass is 9.93. The molecule has 0 aliphatic rings. The molecule has 130 valence electrons. The average Bonchev–Trinajstić information content (AvgIpc) is 3.07. The van der Waals surface area contributed by atoms with Crippen molar-refractivity contribution in [2.75, 3.05) is 6.54 Å². The van der Waals surface area contributed by atoms with E-state index < -0.39 is 5.91 Å². The van der Waals surface area contributed by atoms with Crippen molar-refractivity contribution in [1.29, 1.82) is 0 Å². The van der Waals surface area contributed by atoms with Crippen LogP contribution in [0.2, 0.25) is 0 Å². The summed E-state index contributed by atoms with van der Waals surface area (Å²) in [4.78, 5) is 11.6. The summed E-state index contributed by atoms with van der Waals surface area (Å²) in [6.45, 7) is 2.85. The molecule has 3 rings (SSSR count). The minimum Gasteiger partial charge on any atom is -0.366 e. The normalized spacial score (nSPS) is 12.4. The summed E-state index contributed by atoms with van der Waals surface area (Å²) >= 11 is 0. The van der Waals surface area contributed by atoms with E-state index >= 15 is 0 Å². The third-order valence-corrected chi connectivity index (χ3v) is 4.62. The third-order valence-electron chi connectivity index (χ3n) is 4.62. The lowest BCUT2D eigenvalue weighted by Gasteiger charge is -2.15. The first kappa shape index (κ1) is 17.2. The van der Waals surface area contributed by atoms with Gasteiger partial charge < -0.3 is 11.5 Å². The van der Waals surface area contributed by atoms with Gasteiger partial charge in [-0.15, -0.1) is 0 Å². The van der Waals surface area contributed by atoms with Crippen LogP contribution in [0.15, 0.2) is 48.7 Å². The summed E-state index contributed by atoms with van der Waals surface area (Å²) in [5, 5.41) is 5.43. The number of unbranched alkanes of at least 4 members (excludes halogenated alkanes) is 1. The fraction of sp³-hybridized carbons (Fsp3) is 0.300. The van der Waals surface area contributed by atoms with E-state index in [4.69, 9.17) is 11.5 Å². The number of amides is 1. The standard InChI is InChI=1S/C20H24N4O/c1-2-3-5-15(12-21)14-8-10-17(11-9-14)24-13-16-6-4-7-18(20(22)25)19(16)23-24/h4,6-11,13,15H,2-3,5,12,21H2,1H3,(H2,22,25)/t15-/m1/s1. The van der Waals surface area contributed by atoms with Crippen LogP contribution >= 0.6 is 0 Å². The molecular weight excluding hydrogens is 312 g/mol. The number of aromatic nitrogens is 2. The van der Waals surface area contributed by atoms with Crippen molar-refractivity contribution in [2.45, 2.75) is 32.1 Å². The molecule has 1 heterocycles. The molecule has 1 aromatic heterocycles. The molecule has 5 nitrogen and oxygen atoms in total. The van der Waals surface area contributed by atoms with Crippen LogP contribution in [0.5, 0.6) is 0 Å². The summed E-state index contributed by atoms with van der Waals surface area (Å²) in [6.07, 6.45) is 5.38. The third kappa shape index (κ3) is 3.56. The Bertz CT molecular complexity index is 867. The molecule has 3 aromatic rings. The van der Waals surface area contributed by atoms with Crippen LogP contribution < -0.4 is 11.5 Å². The second-order valence-corrected chi connectivity index (χ2v) is 6.35. The Kier molecular flexibility index (Phi) is 5.14. The second kappa shape index (κ2) is 7.49. The molecule has 0 fully saturated rings. The first-order valence-electron chi connectivity index (χ1n) is 8.72. The van der Waals surface area contributed by atoms with Gasteiger partial charge in [0.2, 0.25) is 0 Å². The van der Waals surface area contributed by atoms with Gasteiger partial charge in [0.1, 0.15) is 5.52 Å². The van der Waals surface area contributed by atoms with Crippen molar-refractivity contribution in [3.8, 4) is 5.69 Å². The van der Waals surface area contributed by atoms with Crippen molar-refractivity contribution in [1.82, 2.24) is 9.78 Å². The van der Waals surface area contributed by atoms with Crippen LogP contribution in [0.4, 0.5) is 0 Å². The highest BCUT2D eigenvalue weighted by atomic mass is 16.1. The quantitative estimate of drug-likeness (QED) is 0.693. The predicted octanol–water partition coefficient (Wildman–Crippen LogP) is 3.36. The van der Waals surface area contributed by atoms with Crippen LogP contribution in [0.3, 0.4) is 0 Å². The maximum atomic E-state index is 11.6. The molecule has 0 unspecified atom stereocenters. The zero-order valence-corrected chi connectivity index (χ0v) is 14.5. The highest BCUT2D eigenvalue weighted by Gasteiger charge is 2.12. The van der Waals surface area contributed by atoms with Gasteiger partial charge in [0.05, 0.1) is 11.3 Å². The summed E-state index contributed by atoms with van der Waals surface area (Å²) in [5.41, 5.74) is 14.6. The van der Waals surface area contributed by atoms with E-state index in [2.05, 4.69) is 24.2 Å². The lowest BCUT2D eigenvalue weighted by Crippen LogP contribution is -2.12. The van der Waals surface area contributed by atoms with Crippen molar-refractivity contribution >= 4 is 16.8 Å². The Balaban J connectivity index is 1.91. The van der Waals surface area contributed by atoms with E-state index in [1.54, 1.807) is 10.7 Å². The molecule has 0 bridgehead atoms. The van der Waals surface area contributed by atoms with Gasteiger partial charge >= 0.3 is 0 Å². The largest absolute Gasteiger partial charge is 0.366 e. The highest BCUT2D eigenvalue weighted by Crippen LogP contribution is 2.24. The number of carbonyl (C=O) groups is 1. The lowest BCUT2D eigenvalue weighted by molar-refractivity contribution is 0.100. The molecule has 4 N–H and O–H groups in total. The van der Waals surface area contributed by atoms with Crippen molar-refractivity contribution in [3.05, 3.63) is 59.8 Å². The van der Waals surface area contributed by atoms with Crippen molar-refractivity contribution in [3.63, 3.8) is 0 Å². The summed E-state index contributed by atoms with van der Waals surface area (Å²) in [6, 6.07) is 13.8. The first-order chi connectivity index (χ1) is 12.1. The fourth-order valence-electron chi connectivity index (χ4n) is 3.15. The minimum absolute atomic E-state index is 0.396. The first-order valence-corrected chi connectivity index (χ1v) is 8.72. The van der Waals surface area contributed by atoms with Gasteiger partial charge in [0.15, 0.2) is 0 Å². The van der Waals surface area contributed by atoms with E-state index in [-0.39, 0.29) is 0 Å². The van der Waals surface area contributed by atoms with Crippen LogP contribution in [-0.2, 0) is 0 Å². The molecule has 1 amide bonds. The predicted molar refractivity (Wildman–Crippen MR) is 101 cm³/mol. The monoisotopic (exact) mass is 336 g/mol.